The van der Waals surface area contributed by atoms with E-state index in [1.54, 1.807) is 12.4 Å². The molecule has 0 unspecified atom stereocenters. The van der Waals surface area contributed by atoms with E-state index in [4.69, 9.17) is 4.98 Å². The van der Waals surface area contributed by atoms with Gasteiger partial charge in [0, 0.05) is 48.5 Å². The van der Waals surface area contributed by atoms with Gasteiger partial charge in [0.2, 0.25) is 0 Å². The van der Waals surface area contributed by atoms with Crippen molar-refractivity contribution in [3.8, 4) is 33.9 Å². The summed E-state index contributed by atoms with van der Waals surface area (Å²) < 4.78 is 30.2. The van der Waals surface area contributed by atoms with E-state index in [0.29, 0.717) is 51.3 Å². The molecule has 190 valence electrons. The number of likely N-dealkylation sites (N-methyl/N-ethyl adjacent to an activating group) is 1. The number of benzene rings is 1. The van der Waals surface area contributed by atoms with E-state index in [0.717, 1.165) is 6.54 Å². The van der Waals surface area contributed by atoms with Crippen LogP contribution in [0.25, 0.3) is 55.8 Å². The quantitative estimate of drug-likeness (QED) is 0.290. The van der Waals surface area contributed by atoms with E-state index in [1.807, 2.05) is 25.1 Å². The first-order chi connectivity index (χ1) is 18.5. The molecule has 3 N–H and O–H groups in total. The fourth-order valence-electron chi connectivity index (χ4n) is 4.30. The number of aromatic nitrogens is 8. The molecule has 38 heavy (non-hydrogen) atoms. The molecule has 0 fully saturated rings. The van der Waals surface area contributed by atoms with E-state index in [9.17, 15) is 4.39 Å². The van der Waals surface area contributed by atoms with Crippen LogP contribution in [0, 0.1) is 11.6 Å². The Morgan fingerprint density at radius 2 is 1.74 bits per heavy atom. The van der Waals surface area contributed by atoms with Crippen molar-refractivity contribution >= 4 is 27.6 Å². The van der Waals surface area contributed by atoms with Gasteiger partial charge in [0.1, 0.15) is 23.5 Å². The lowest BCUT2D eigenvalue weighted by Crippen LogP contribution is -2.20. The number of nitrogens with zero attached hydrogens (tertiary/aromatic N) is 7. The third-order valence-electron chi connectivity index (χ3n) is 6.09. The fourth-order valence-corrected chi connectivity index (χ4v) is 4.30. The maximum atomic E-state index is 15.7. The Balaban J connectivity index is 1.43. The number of imidazole rings is 1. The molecular formula is C26H22F2N10. The molecule has 0 spiro atoms. The molecule has 0 radical (unpaired) electrons. The summed E-state index contributed by atoms with van der Waals surface area (Å²) in [6.07, 6.45) is 9.10. The van der Waals surface area contributed by atoms with Crippen LogP contribution in [-0.4, -0.2) is 72.2 Å². The lowest BCUT2D eigenvalue weighted by Gasteiger charge is -2.12. The Morgan fingerprint density at radius 3 is 2.55 bits per heavy atom. The number of pyridine rings is 2. The summed E-state index contributed by atoms with van der Waals surface area (Å²) in [5, 5.41) is 10.6. The van der Waals surface area contributed by atoms with Crippen molar-refractivity contribution in [1.29, 1.82) is 0 Å². The van der Waals surface area contributed by atoms with Gasteiger partial charge in [-0.15, -0.1) is 0 Å². The van der Waals surface area contributed by atoms with Gasteiger partial charge in [-0.1, -0.05) is 0 Å². The maximum Gasteiger partial charge on any atom is 0.161 e. The second-order valence-corrected chi connectivity index (χ2v) is 9.04. The highest BCUT2D eigenvalue weighted by Crippen LogP contribution is 2.34. The van der Waals surface area contributed by atoms with Gasteiger partial charge < -0.3 is 15.2 Å². The van der Waals surface area contributed by atoms with Crippen LogP contribution in [0.4, 0.5) is 14.5 Å². The molecule has 5 aromatic heterocycles. The van der Waals surface area contributed by atoms with Crippen LogP contribution in [0.1, 0.15) is 0 Å². The normalized spacial score (nSPS) is 11.6. The van der Waals surface area contributed by atoms with Crippen molar-refractivity contribution in [2.45, 2.75) is 0 Å². The molecule has 0 aliphatic heterocycles. The van der Waals surface area contributed by atoms with Crippen LogP contribution < -0.4 is 5.32 Å². The summed E-state index contributed by atoms with van der Waals surface area (Å²) in [5.74, 6) is -0.618. The first-order valence-corrected chi connectivity index (χ1v) is 11.8. The van der Waals surface area contributed by atoms with Crippen molar-refractivity contribution in [3.05, 3.63) is 67.1 Å². The van der Waals surface area contributed by atoms with Crippen LogP contribution in [0.2, 0.25) is 0 Å². The average Bonchev–Trinajstić information content (AvgIpc) is 3.53. The van der Waals surface area contributed by atoms with Gasteiger partial charge in [0.25, 0.3) is 0 Å². The lowest BCUT2D eigenvalue weighted by atomic mass is 10.1. The second-order valence-electron chi connectivity index (χ2n) is 9.04. The van der Waals surface area contributed by atoms with E-state index in [-0.39, 0.29) is 22.6 Å². The van der Waals surface area contributed by atoms with Crippen LogP contribution in [0.5, 0.6) is 0 Å². The van der Waals surface area contributed by atoms with Gasteiger partial charge in [-0.25, -0.2) is 23.7 Å². The molecular weight excluding hydrogens is 490 g/mol. The molecule has 0 aliphatic rings. The highest BCUT2D eigenvalue weighted by atomic mass is 19.1. The van der Waals surface area contributed by atoms with Gasteiger partial charge in [-0.2, -0.15) is 5.10 Å². The van der Waals surface area contributed by atoms with Crippen molar-refractivity contribution in [3.63, 3.8) is 0 Å². The molecule has 12 heteroatoms. The van der Waals surface area contributed by atoms with Crippen molar-refractivity contribution in [2.24, 2.45) is 0 Å². The molecule has 6 aromatic rings. The smallest absolute Gasteiger partial charge is 0.161 e. The Hall–Kier alpha value is -4.84. The number of rotatable bonds is 7. The molecule has 0 saturated carbocycles. The number of halogens is 2. The summed E-state index contributed by atoms with van der Waals surface area (Å²) in [4.78, 5) is 26.4. The molecule has 1 aromatic carbocycles. The highest BCUT2D eigenvalue weighted by Gasteiger charge is 2.21. The van der Waals surface area contributed by atoms with Gasteiger partial charge in [0.05, 0.1) is 34.3 Å². The number of hydrogen-bond acceptors (Lipinski definition) is 8. The van der Waals surface area contributed by atoms with Crippen LogP contribution >= 0.6 is 0 Å². The summed E-state index contributed by atoms with van der Waals surface area (Å²) >= 11 is 0. The zero-order valence-electron chi connectivity index (χ0n) is 20.5. The standard InChI is InChI=1S/C26H22F2N10/c1-38(2)4-3-32-17-6-14(5-16(27)7-17)18-10-29-11-20-24(18)35-26(34-20)25-21-19(36-37-25)12-33-23(22(21)28)15-8-30-13-31-9-15/h5-13,32H,3-4H2,1-2H3,(H,34,35)(H,36,37). The molecule has 10 nitrogen and oxygen atoms in total. The molecule has 0 saturated heterocycles. The number of aromatic amines is 2. The molecule has 0 amide bonds. The number of fused-ring (bicyclic) bond motifs is 2. The van der Waals surface area contributed by atoms with Crippen molar-refractivity contribution in [1.82, 2.24) is 45.0 Å². The van der Waals surface area contributed by atoms with Gasteiger partial charge >= 0.3 is 0 Å². The van der Waals surface area contributed by atoms with Crippen LogP contribution in [0.3, 0.4) is 0 Å². The summed E-state index contributed by atoms with van der Waals surface area (Å²) in [6, 6.07) is 4.74. The lowest BCUT2D eigenvalue weighted by molar-refractivity contribution is 0.425. The number of nitrogens with one attached hydrogen (secondary N) is 3. The second kappa shape index (κ2) is 9.56. The van der Waals surface area contributed by atoms with Gasteiger partial charge in [0.15, 0.2) is 11.6 Å². The minimum atomic E-state index is -0.571. The summed E-state index contributed by atoms with van der Waals surface area (Å²) in [6.45, 7) is 1.46. The van der Waals surface area contributed by atoms with E-state index in [2.05, 4.69) is 40.4 Å². The van der Waals surface area contributed by atoms with Crippen molar-refractivity contribution < 1.29 is 8.78 Å². The molecule has 6 rings (SSSR count). The first kappa shape index (κ1) is 23.6. The Bertz CT molecular complexity index is 1760. The Kier molecular flexibility index (Phi) is 5.92. The van der Waals surface area contributed by atoms with Crippen LogP contribution in [-0.2, 0) is 0 Å². The first-order valence-electron chi connectivity index (χ1n) is 11.8. The highest BCUT2D eigenvalue weighted by molar-refractivity contribution is 5.98. The monoisotopic (exact) mass is 512 g/mol. The third-order valence-corrected chi connectivity index (χ3v) is 6.09. The summed E-state index contributed by atoms with van der Waals surface area (Å²) in [5.41, 5.74) is 4.30. The third kappa shape index (κ3) is 4.30. The zero-order valence-corrected chi connectivity index (χ0v) is 20.5. The molecule has 5 heterocycles. The maximum absolute atomic E-state index is 15.7. The SMILES string of the molecule is CN(C)CCNc1cc(F)cc(-c2cncc3[nH]c(-c4n[nH]c5cnc(-c6cncnc6)c(F)c45)nc23)c1. The Labute approximate surface area is 215 Å². The van der Waals surface area contributed by atoms with Crippen molar-refractivity contribution in [2.75, 3.05) is 32.5 Å². The molecule has 0 atom stereocenters. The fraction of sp³-hybridized carbons (Fsp3) is 0.154. The minimum absolute atomic E-state index is 0.105. The van der Waals surface area contributed by atoms with Gasteiger partial charge in [-0.3, -0.25) is 15.1 Å². The Morgan fingerprint density at radius 1 is 0.895 bits per heavy atom. The zero-order chi connectivity index (χ0) is 26.2. The molecule has 0 bridgehead atoms. The largest absolute Gasteiger partial charge is 0.384 e. The minimum Gasteiger partial charge on any atom is -0.384 e. The molecule has 0 aliphatic carbocycles. The van der Waals surface area contributed by atoms with E-state index >= 15 is 4.39 Å². The topological polar surface area (TPSA) is 124 Å². The number of anilines is 1. The number of H-pyrrole nitrogens is 2. The summed E-state index contributed by atoms with van der Waals surface area (Å²) in [7, 11) is 3.95. The number of hydrogen-bond donors (Lipinski definition) is 3. The van der Waals surface area contributed by atoms with Gasteiger partial charge in [-0.05, 0) is 37.9 Å². The van der Waals surface area contributed by atoms with E-state index < -0.39 is 5.82 Å². The predicted octanol–water partition coefficient (Wildman–Crippen LogP) is 4.27. The van der Waals surface area contributed by atoms with E-state index in [1.165, 1.54) is 37.1 Å². The predicted molar refractivity (Wildman–Crippen MR) is 140 cm³/mol. The van der Waals surface area contributed by atoms with Crippen LogP contribution in [0.15, 0.2) is 55.5 Å². The average molecular weight is 513 g/mol.